The van der Waals surface area contributed by atoms with Crippen LogP contribution in [0.2, 0.25) is 15.1 Å². The first kappa shape index (κ1) is 15.0. The number of carbonyl (C=O) groups excluding carboxylic acids is 1. The van der Waals surface area contributed by atoms with Crippen LogP contribution in [-0.4, -0.2) is 18.1 Å². The van der Waals surface area contributed by atoms with E-state index in [0.717, 1.165) is 6.07 Å². The fourth-order valence-corrected chi connectivity index (χ4v) is 2.30. The third kappa shape index (κ3) is 2.73. The third-order valence-electron chi connectivity index (χ3n) is 2.54. The molecular weight excluding hydrogens is 328 g/mol. The van der Waals surface area contributed by atoms with Gasteiger partial charge in [0.25, 0.3) is 0 Å². The molecule has 0 saturated heterocycles. The summed E-state index contributed by atoms with van der Waals surface area (Å²) in [6.45, 7) is 0. The Morgan fingerprint density at radius 1 is 1.25 bits per heavy atom. The Kier molecular flexibility index (Phi) is 4.48. The fraction of sp³-hybridized carbons (Fsp3) is 0.0769. The lowest BCUT2D eigenvalue weighted by atomic mass is 10.1. The molecule has 0 unspecified atom stereocenters. The molecule has 0 saturated carbocycles. The van der Waals surface area contributed by atoms with Crippen LogP contribution in [0.15, 0.2) is 24.4 Å². The van der Waals surface area contributed by atoms with Crippen molar-refractivity contribution in [1.82, 2.24) is 4.98 Å². The molecule has 0 aliphatic heterocycles. The lowest BCUT2D eigenvalue weighted by molar-refractivity contribution is 0.0599. The molecule has 3 nitrogen and oxygen atoms in total. The van der Waals surface area contributed by atoms with Crippen molar-refractivity contribution in [3.05, 3.63) is 50.8 Å². The summed E-state index contributed by atoms with van der Waals surface area (Å²) in [5.74, 6) is -1.44. The first-order valence-corrected chi connectivity index (χ1v) is 6.46. The SMILES string of the molecule is COC(=O)c1cnc(-c2c(Cl)ccc(Cl)c2Cl)c(F)c1. The van der Waals surface area contributed by atoms with E-state index in [1.807, 2.05) is 0 Å². The minimum atomic E-state index is -0.751. The van der Waals surface area contributed by atoms with Crippen molar-refractivity contribution in [1.29, 1.82) is 0 Å². The Labute approximate surface area is 129 Å². The van der Waals surface area contributed by atoms with E-state index < -0.39 is 11.8 Å². The van der Waals surface area contributed by atoms with Gasteiger partial charge in [-0.1, -0.05) is 34.8 Å². The van der Waals surface area contributed by atoms with Crippen LogP contribution in [0, 0.1) is 5.82 Å². The molecule has 20 heavy (non-hydrogen) atoms. The number of hydrogen-bond donors (Lipinski definition) is 0. The van der Waals surface area contributed by atoms with Crippen molar-refractivity contribution in [3.63, 3.8) is 0 Å². The summed E-state index contributed by atoms with van der Waals surface area (Å²) in [6, 6.07) is 3.98. The molecule has 0 aliphatic carbocycles. The molecule has 0 amide bonds. The lowest BCUT2D eigenvalue weighted by Gasteiger charge is -2.09. The molecule has 2 aromatic rings. The number of halogens is 4. The molecule has 1 aromatic heterocycles. The molecule has 0 atom stereocenters. The molecule has 1 heterocycles. The lowest BCUT2D eigenvalue weighted by Crippen LogP contribution is -2.04. The molecule has 0 aliphatic rings. The van der Waals surface area contributed by atoms with Gasteiger partial charge >= 0.3 is 5.97 Å². The zero-order valence-electron chi connectivity index (χ0n) is 10.1. The number of esters is 1. The van der Waals surface area contributed by atoms with E-state index in [0.29, 0.717) is 0 Å². The number of nitrogens with zero attached hydrogens (tertiary/aromatic N) is 1. The minimum absolute atomic E-state index is 0.0111. The van der Waals surface area contributed by atoms with Gasteiger partial charge in [-0.05, 0) is 18.2 Å². The van der Waals surface area contributed by atoms with Crippen LogP contribution in [0.4, 0.5) is 4.39 Å². The molecule has 7 heteroatoms. The summed E-state index contributed by atoms with van der Waals surface area (Å²) < 4.78 is 18.6. The van der Waals surface area contributed by atoms with Gasteiger partial charge in [-0.3, -0.25) is 4.98 Å². The second-order valence-electron chi connectivity index (χ2n) is 3.76. The van der Waals surface area contributed by atoms with Crippen LogP contribution in [0.5, 0.6) is 0 Å². The number of rotatable bonds is 2. The topological polar surface area (TPSA) is 39.2 Å². The van der Waals surface area contributed by atoms with Gasteiger partial charge in [-0.25, -0.2) is 9.18 Å². The Morgan fingerprint density at radius 3 is 2.50 bits per heavy atom. The minimum Gasteiger partial charge on any atom is -0.465 e. The number of aromatic nitrogens is 1. The smallest absolute Gasteiger partial charge is 0.339 e. The number of hydrogen-bond acceptors (Lipinski definition) is 3. The quantitative estimate of drug-likeness (QED) is 0.593. The summed E-state index contributed by atoms with van der Waals surface area (Å²) >= 11 is 17.9. The van der Waals surface area contributed by atoms with Gasteiger partial charge in [0.1, 0.15) is 11.5 Å². The number of pyridine rings is 1. The maximum atomic E-state index is 14.1. The van der Waals surface area contributed by atoms with E-state index in [1.54, 1.807) is 0 Å². The Bertz CT molecular complexity index is 692. The average molecular weight is 335 g/mol. The van der Waals surface area contributed by atoms with E-state index in [2.05, 4.69) is 9.72 Å². The van der Waals surface area contributed by atoms with Crippen molar-refractivity contribution in [2.24, 2.45) is 0 Å². The van der Waals surface area contributed by atoms with E-state index >= 15 is 0 Å². The molecular formula is C13H7Cl3FNO2. The molecule has 0 fully saturated rings. The summed E-state index contributed by atoms with van der Waals surface area (Å²) in [5.41, 5.74) is 0.0768. The first-order valence-electron chi connectivity index (χ1n) is 5.33. The molecule has 1 aromatic carbocycles. The highest BCUT2D eigenvalue weighted by molar-refractivity contribution is 6.46. The molecule has 0 bridgehead atoms. The van der Waals surface area contributed by atoms with Gasteiger partial charge in [0, 0.05) is 11.8 Å². The third-order valence-corrected chi connectivity index (χ3v) is 3.66. The normalized spacial score (nSPS) is 10.4. The molecule has 2 rings (SSSR count). The van der Waals surface area contributed by atoms with Crippen LogP contribution in [0.25, 0.3) is 11.3 Å². The standard InChI is InChI=1S/C13H7Cl3FNO2/c1-20-13(19)6-4-9(17)12(18-5-6)10-7(14)2-3-8(15)11(10)16/h2-5H,1H3. The Morgan fingerprint density at radius 2 is 1.90 bits per heavy atom. The van der Waals surface area contributed by atoms with Crippen molar-refractivity contribution >= 4 is 40.8 Å². The zero-order valence-corrected chi connectivity index (χ0v) is 12.4. The highest BCUT2D eigenvalue weighted by Crippen LogP contribution is 2.39. The predicted molar refractivity (Wildman–Crippen MR) is 76.0 cm³/mol. The summed E-state index contributed by atoms with van der Waals surface area (Å²) in [7, 11) is 1.19. The number of methoxy groups -OCH3 is 1. The summed E-state index contributed by atoms with van der Waals surface area (Å²) in [4.78, 5) is 15.2. The van der Waals surface area contributed by atoms with Crippen LogP contribution in [0.1, 0.15) is 10.4 Å². The van der Waals surface area contributed by atoms with Crippen molar-refractivity contribution in [3.8, 4) is 11.3 Å². The van der Waals surface area contributed by atoms with Crippen molar-refractivity contribution in [2.45, 2.75) is 0 Å². The van der Waals surface area contributed by atoms with Gasteiger partial charge in [0.2, 0.25) is 0 Å². The highest BCUT2D eigenvalue weighted by Gasteiger charge is 2.18. The molecule has 0 spiro atoms. The first-order chi connectivity index (χ1) is 9.45. The largest absolute Gasteiger partial charge is 0.465 e. The predicted octanol–water partition coefficient (Wildman–Crippen LogP) is 4.63. The molecule has 0 N–H and O–H groups in total. The van der Waals surface area contributed by atoms with E-state index in [9.17, 15) is 9.18 Å². The number of ether oxygens (including phenoxy) is 1. The van der Waals surface area contributed by atoms with Crippen LogP contribution in [0.3, 0.4) is 0 Å². The number of carbonyl (C=O) groups is 1. The van der Waals surface area contributed by atoms with Crippen LogP contribution in [-0.2, 0) is 4.74 Å². The zero-order chi connectivity index (χ0) is 14.9. The van der Waals surface area contributed by atoms with Gasteiger partial charge in [0.15, 0.2) is 0 Å². The maximum Gasteiger partial charge on any atom is 0.339 e. The van der Waals surface area contributed by atoms with Gasteiger partial charge in [-0.15, -0.1) is 0 Å². The van der Waals surface area contributed by atoms with Crippen molar-refractivity contribution < 1.29 is 13.9 Å². The Hall–Kier alpha value is -1.36. The Balaban J connectivity index is 2.60. The van der Waals surface area contributed by atoms with Gasteiger partial charge < -0.3 is 4.74 Å². The van der Waals surface area contributed by atoms with E-state index in [4.69, 9.17) is 34.8 Å². The van der Waals surface area contributed by atoms with Gasteiger partial charge in [-0.2, -0.15) is 0 Å². The molecule has 104 valence electrons. The van der Waals surface area contributed by atoms with Crippen LogP contribution >= 0.6 is 34.8 Å². The second kappa shape index (κ2) is 5.95. The number of benzene rings is 1. The van der Waals surface area contributed by atoms with E-state index in [1.165, 1.54) is 25.4 Å². The van der Waals surface area contributed by atoms with Crippen LogP contribution < -0.4 is 0 Å². The summed E-state index contributed by atoms with van der Waals surface area (Å²) in [5, 5.41) is 0.525. The fourth-order valence-electron chi connectivity index (χ4n) is 1.60. The second-order valence-corrected chi connectivity index (χ2v) is 4.96. The maximum absolute atomic E-state index is 14.1. The molecule has 0 radical (unpaired) electrons. The van der Waals surface area contributed by atoms with Gasteiger partial charge in [0.05, 0.1) is 27.7 Å². The van der Waals surface area contributed by atoms with Crippen molar-refractivity contribution in [2.75, 3.05) is 7.11 Å². The average Bonchev–Trinajstić information content (AvgIpc) is 2.44. The summed E-state index contributed by atoms with van der Waals surface area (Å²) in [6.07, 6.45) is 1.18. The van der Waals surface area contributed by atoms with E-state index in [-0.39, 0.29) is 31.9 Å². The highest BCUT2D eigenvalue weighted by atomic mass is 35.5. The monoisotopic (exact) mass is 333 g/mol.